The van der Waals surface area contributed by atoms with Crippen molar-refractivity contribution in [2.24, 2.45) is 0 Å². The second-order valence-electron chi connectivity index (χ2n) is 7.13. The zero-order valence-electron chi connectivity index (χ0n) is 15.6. The van der Waals surface area contributed by atoms with Gasteiger partial charge in [0.25, 0.3) is 0 Å². The van der Waals surface area contributed by atoms with Crippen molar-refractivity contribution in [2.75, 3.05) is 52.4 Å². The Kier molecular flexibility index (Phi) is 7.09. The van der Waals surface area contributed by atoms with Crippen molar-refractivity contribution >= 4 is 11.6 Å². The summed E-state index contributed by atoms with van der Waals surface area (Å²) >= 11 is 0. The molecule has 2 fully saturated rings. The van der Waals surface area contributed by atoms with Crippen molar-refractivity contribution < 1.29 is 14.7 Å². The number of Topliss-reactive ketones (excluding diaryl/α,β-unsaturated/α-hetero) is 2. The number of aromatic nitrogens is 1. The van der Waals surface area contributed by atoms with Crippen molar-refractivity contribution in [1.82, 2.24) is 20.1 Å². The van der Waals surface area contributed by atoms with E-state index in [0.29, 0.717) is 19.4 Å². The van der Waals surface area contributed by atoms with Crippen LogP contribution in [0.2, 0.25) is 0 Å². The highest BCUT2D eigenvalue weighted by molar-refractivity contribution is 6.22. The molecule has 0 bridgehead atoms. The van der Waals surface area contributed by atoms with Gasteiger partial charge < -0.3 is 10.4 Å². The van der Waals surface area contributed by atoms with Gasteiger partial charge in [0.15, 0.2) is 11.6 Å². The van der Waals surface area contributed by atoms with Gasteiger partial charge >= 0.3 is 0 Å². The van der Waals surface area contributed by atoms with Gasteiger partial charge in [0.05, 0.1) is 12.2 Å². The largest absolute Gasteiger partial charge is 0.395 e. The van der Waals surface area contributed by atoms with Gasteiger partial charge in [0.2, 0.25) is 0 Å². The Bertz CT molecular complexity index is 649. The number of ketones is 2. The fourth-order valence-electron chi connectivity index (χ4n) is 3.66. The predicted molar refractivity (Wildman–Crippen MR) is 102 cm³/mol. The molecule has 7 nitrogen and oxygen atoms in total. The molecule has 0 radical (unpaired) electrons. The van der Waals surface area contributed by atoms with Gasteiger partial charge in [-0.05, 0) is 12.1 Å². The van der Waals surface area contributed by atoms with Crippen LogP contribution in [0.1, 0.15) is 24.5 Å². The molecule has 27 heavy (non-hydrogen) atoms. The van der Waals surface area contributed by atoms with Crippen LogP contribution in [0.4, 0.5) is 0 Å². The molecule has 146 valence electrons. The van der Waals surface area contributed by atoms with E-state index in [1.165, 1.54) is 0 Å². The number of piperazine rings is 1. The van der Waals surface area contributed by atoms with Gasteiger partial charge in [-0.1, -0.05) is 6.07 Å². The third-order valence-corrected chi connectivity index (χ3v) is 5.27. The summed E-state index contributed by atoms with van der Waals surface area (Å²) in [5.41, 5.74) is 1.10. The van der Waals surface area contributed by atoms with Crippen molar-refractivity contribution in [3.05, 3.63) is 41.9 Å². The summed E-state index contributed by atoms with van der Waals surface area (Å²) in [7, 11) is 0. The van der Waals surface area contributed by atoms with Gasteiger partial charge in [-0.3, -0.25) is 24.4 Å². The zero-order valence-corrected chi connectivity index (χ0v) is 15.6. The van der Waals surface area contributed by atoms with Crippen LogP contribution < -0.4 is 5.32 Å². The number of rotatable bonds is 7. The van der Waals surface area contributed by atoms with E-state index < -0.39 is 0 Å². The molecule has 1 aromatic heterocycles. The summed E-state index contributed by atoms with van der Waals surface area (Å²) in [4.78, 5) is 33.7. The van der Waals surface area contributed by atoms with E-state index in [1.54, 1.807) is 12.4 Å². The molecule has 2 N–H and O–H groups in total. The normalized spacial score (nSPS) is 22.1. The minimum atomic E-state index is -0.112. The van der Waals surface area contributed by atoms with Gasteiger partial charge in [-0.2, -0.15) is 0 Å². The first-order chi connectivity index (χ1) is 13.2. The number of aliphatic hydroxyl groups excluding tert-OH is 1. The topological polar surface area (TPSA) is 85.8 Å². The second kappa shape index (κ2) is 9.73. The lowest BCUT2D eigenvalue weighted by Gasteiger charge is -2.34. The first kappa shape index (κ1) is 19.7. The molecule has 2 aliphatic rings. The number of nitrogens with zero attached hydrogens (tertiary/aromatic N) is 3. The molecule has 1 aromatic rings. The number of β-amino-alcohol motifs (C(OH)–C–C–N with tert-alkyl or cyclic N) is 1. The maximum Gasteiger partial charge on any atom is 0.168 e. The van der Waals surface area contributed by atoms with E-state index >= 15 is 0 Å². The monoisotopic (exact) mass is 372 g/mol. The number of hydrogen-bond donors (Lipinski definition) is 2. The van der Waals surface area contributed by atoms with E-state index in [9.17, 15) is 9.59 Å². The van der Waals surface area contributed by atoms with Crippen LogP contribution in [0.5, 0.6) is 0 Å². The van der Waals surface area contributed by atoms with Crippen LogP contribution in [0, 0.1) is 0 Å². The summed E-state index contributed by atoms with van der Waals surface area (Å²) < 4.78 is 0. The summed E-state index contributed by atoms with van der Waals surface area (Å²) in [6.07, 6.45) is 3.97. The number of allylic oxidation sites excluding steroid dienone is 1. The highest BCUT2D eigenvalue weighted by atomic mass is 16.3. The Balaban J connectivity index is 1.43. The van der Waals surface area contributed by atoms with Gasteiger partial charge in [0, 0.05) is 82.7 Å². The maximum absolute atomic E-state index is 12.4. The second-order valence-corrected chi connectivity index (χ2v) is 7.13. The molecule has 0 aromatic carbocycles. The molecule has 3 rings (SSSR count). The lowest BCUT2D eigenvalue weighted by atomic mass is 9.82. The number of aliphatic hydroxyl groups is 1. The molecule has 1 aliphatic carbocycles. The van der Waals surface area contributed by atoms with E-state index in [4.69, 9.17) is 5.11 Å². The lowest BCUT2D eigenvalue weighted by molar-refractivity contribution is -0.124. The average Bonchev–Trinajstić information content (AvgIpc) is 2.69. The predicted octanol–water partition coefficient (Wildman–Crippen LogP) is 0.181. The molecule has 0 amide bonds. The minimum Gasteiger partial charge on any atom is -0.395 e. The smallest absolute Gasteiger partial charge is 0.168 e. The number of carbonyl (C=O) groups excluding carboxylic acids is 2. The molecule has 1 saturated heterocycles. The van der Waals surface area contributed by atoms with Gasteiger partial charge in [-0.25, -0.2) is 0 Å². The molecule has 0 spiro atoms. The van der Waals surface area contributed by atoms with Crippen LogP contribution >= 0.6 is 0 Å². The molecular weight excluding hydrogens is 344 g/mol. The standard InChI is InChI=1S/C20H28N4O3/c25-12-11-24-9-7-23(8-10-24)6-5-21-15-17-19(26)13-16(14-20(17)27)18-3-1-2-4-22-18/h1-4,15-16,21,25H,5-14H2. The van der Waals surface area contributed by atoms with Crippen molar-refractivity contribution in [1.29, 1.82) is 0 Å². The van der Waals surface area contributed by atoms with Gasteiger partial charge in [0.1, 0.15) is 0 Å². The van der Waals surface area contributed by atoms with Crippen LogP contribution in [0.25, 0.3) is 0 Å². The van der Waals surface area contributed by atoms with Crippen LogP contribution in [-0.2, 0) is 9.59 Å². The molecule has 1 saturated carbocycles. The molecule has 0 unspecified atom stereocenters. The Hall–Kier alpha value is -2.09. The van der Waals surface area contributed by atoms with Crippen molar-refractivity contribution in [3.63, 3.8) is 0 Å². The highest BCUT2D eigenvalue weighted by Crippen LogP contribution is 2.29. The summed E-state index contributed by atoms with van der Waals surface area (Å²) in [6.45, 7) is 6.40. The quantitative estimate of drug-likeness (QED) is 0.401. The molecule has 2 heterocycles. The van der Waals surface area contributed by atoms with E-state index in [-0.39, 0.29) is 29.7 Å². The Morgan fingerprint density at radius 1 is 1.07 bits per heavy atom. The van der Waals surface area contributed by atoms with Crippen LogP contribution in [0.15, 0.2) is 36.2 Å². The first-order valence-corrected chi connectivity index (χ1v) is 9.64. The third-order valence-electron chi connectivity index (χ3n) is 5.27. The third kappa shape index (κ3) is 5.45. The first-order valence-electron chi connectivity index (χ1n) is 9.64. The molecule has 7 heteroatoms. The fourth-order valence-corrected chi connectivity index (χ4v) is 3.66. The molecule has 0 atom stereocenters. The van der Waals surface area contributed by atoms with E-state index in [2.05, 4.69) is 20.1 Å². The van der Waals surface area contributed by atoms with Crippen molar-refractivity contribution in [3.8, 4) is 0 Å². The van der Waals surface area contributed by atoms with Gasteiger partial charge in [-0.15, -0.1) is 0 Å². The van der Waals surface area contributed by atoms with Crippen LogP contribution in [0.3, 0.4) is 0 Å². The lowest BCUT2D eigenvalue weighted by Crippen LogP contribution is -2.48. The van der Waals surface area contributed by atoms with E-state index in [0.717, 1.165) is 45.0 Å². The maximum atomic E-state index is 12.4. The minimum absolute atomic E-state index is 0.105. The number of hydrogen-bond acceptors (Lipinski definition) is 7. The number of carbonyl (C=O) groups is 2. The summed E-state index contributed by atoms with van der Waals surface area (Å²) in [5, 5.41) is 12.1. The Labute approximate surface area is 160 Å². The van der Waals surface area contributed by atoms with Crippen LogP contribution in [-0.4, -0.2) is 83.9 Å². The SMILES string of the molecule is O=C1CC(c2ccccn2)CC(=O)C1=CNCCN1CCN(CCO)CC1. The summed E-state index contributed by atoms with van der Waals surface area (Å²) in [5.74, 6) is -0.322. The number of pyridine rings is 1. The zero-order chi connectivity index (χ0) is 19.1. The summed E-state index contributed by atoms with van der Waals surface area (Å²) in [6, 6.07) is 5.59. The highest BCUT2D eigenvalue weighted by Gasteiger charge is 2.31. The average molecular weight is 372 g/mol. The molecule has 1 aliphatic heterocycles. The number of nitrogens with one attached hydrogen (secondary N) is 1. The molecular formula is C20H28N4O3. The Morgan fingerprint density at radius 2 is 1.74 bits per heavy atom. The Morgan fingerprint density at radius 3 is 2.33 bits per heavy atom. The van der Waals surface area contributed by atoms with E-state index in [1.807, 2.05) is 18.2 Å². The fraction of sp³-hybridized carbons (Fsp3) is 0.550. The van der Waals surface area contributed by atoms with Crippen molar-refractivity contribution in [2.45, 2.75) is 18.8 Å².